The molecule has 29 heavy (non-hydrogen) atoms. The average Bonchev–Trinajstić information content (AvgIpc) is 2.71. The highest BCUT2D eigenvalue weighted by Gasteiger charge is 2.09. The third-order valence-corrected chi connectivity index (χ3v) is 4.05. The lowest BCUT2D eigenvalue weighted by Crippen LogP contribution is -2.11. The highest BCUT2D eigenvalue weighted by atomic mass is 16.5. The lowest BCUT2D eigenvalue weighted by molar-refractivity contribution is 0.0999. The Kier molecular flexibility index (Phi) is 6.77. The molecule has 0 aromatic heterocycles. The average molecular weight is 395 g/mol. The molecule has 0 saturated carbocycles. The summed E-state index contributed by atoms with van der Waals surface area (Å²) in [6, 6.07) is 18.9. The summed E-state index contributed by atoms with van der Waals surface area (Å²) in [6.07, 6.45) is 0. The lowest BCUT2D eigenvalue weighted by Gasteiger charge is -2.12. The van der Waals surface area contributed by atoms with Crippen molar-refractivity contribution in [1.29, 1.82) is 0 Å². The molecule has 0 saturated heterocycles. The van der Waals surface area contributed by atoms with Crippen molar-refractivity contribution in [1.82, 2.24) is 11.0 Å². The fourth-order valence-corrected chi connectivity index (χ4v) is 2.64. The van der Waals surface area contributed by atoms with Crippen LogP contribution in [0.4, 0.5) is 0 Å². The molecule has 8 heteroatoms. The molecular formula is C21H21N3O5. The molecule has 0 aliphatic heterocycles. The third-order valence-electron chi connectivity index (χ3n) is 4.05. The second-order valence-corrected chi connectivity index (χ2v) is 6.22. The van der Waals surface area contributed by atoms with Crippen LogP contribution in [-0.2, 0) is 13.1 Å². The summed E-state index contributed by atoms with van der Waals surface area (Å²) in [5.74, 6) is 1.30. The summed E-state index contributed by atoms with van der Waals surface area (Å²) < 4.78 is 11.7. The zero-order valence-corrected chi connectivity index (χ0v) is 15.5. The Hall–Kier alpha value is -3.43. The molecule has 0 radical (unpaired) electrons. The van der Waals surface area contributed by atoms with Gasteiger partial charge < -0.3 is 25.6 Å². The number of carbonyl (C=O) groups is 1. The van der Waals surface area contributed by atoms with Gasteiger partial charge in [0, 0.05) is 24.7 Å². The first-order valence-corrected chi connectivity index (χ1v) is 8.80. The van der Waals surface area contributed by atoms with Crippen LogP contribution in [0.3, 0.4) is 0 Å². The van der Waals surface area contributed by atoms with E-state index in [-0.39, 0.29) is 5.56 Å². The first kappa shape index (κ1) is 20.3. The number of nitrogens with one attached hydrogen (secondary N) is 2. The first-order chi connectivity index (χ1) is 14.1. The minimum atomic E-state index is -0.603. The van der Waals surface area contributed by atoms with Crippen molar-refractivity contribution < 1.29 is 24.7 Å². The number of benzene rings is 3. The van der Waals surface area contributed by atoms with Gasteiger partial charge in [0.15, 0.2) is 0 Å². The van der Waals surface area contributed by atoms with E-state index in [9.17, 15) is 4.79 Å². The summed E-state index contributed by atoms with van der Waals surface area (Å²) in [5.41, 5.74) is 11.6. The Bertz CT molecular complexity index is 889. The summed E-state index contributed by atoms with van der Waals surface area (Å²) in [6.45, 7) is 0.644. The van der Waals surface area contributed by atoms with Crippen molar-refractivity contribution in [2.75, 3.05) is 0 Å². The van der Waals surface area contributed by atoms with Crippen LogP contribution in [0.5, 0.6) is 23.0 Å². The number of primary amides is 1. The predicted molar refractivity (Wildman–Crippen MR) is 105 cm³/mol. The van der Waals surface area contributed by atoms with Gasteiger partial charge in [-0.05, 0) is 47.5 Å². The van der Waals surface area contributed by atoms with Crippen molar-refractivity contribution >= 4 is 5.91 Å². The molecule has 1 amide bonds. The Labute approximate surface area is 167 Å². The van der Waals surface area contributed by atoms with Crippen LogP contribution in [0.2, 0.25) is 0 Å². The van der Waals surface area contributed by atoms with Gasteiger partial charge in [0.1, 0.15) is 23.0 Å². The molecular weight excluding hydrogens is 374 g/mol. The Morgan fingerprint density at radius 2 is 1.14 bits per heavy atom. The molecule has 0 unspecified atom stereocenters. The predicted octanol–water partition coefficient (Wildman–Crippen LogP) is 3.33. The quantitative estimate of drug-likeness (QED) is 0.352. The van der Waals surface area contributed by atoms with Crippen molar-refractivity contribution in [3.63, 3.8) is 0 Å². The second kappa shape index (κ2) is 9.67. The zero-order chi connectivity index (χ0) is 20.6. The van der Waals surface area contributed by atoms with Gasteiger partial charge >= 0.3 is 0 Å². The monoisotopic (exact) mass is 395 g/mol. The molecule has 0 bridgehead atoms. The van der Waals surface area contributed by atoms with Crippen molar-refractivity contribution in [2.24, 2.45) is 5.73 Å². The van der Waals surface area contributed by atoms with E-state index in [4.69, 9.17) is 25.6 Å². The normalized spacial score (nSPS) is 10.6. The zero-order valence-electron chi connectivity index (χ0n) is 15.5. The highest BCUT2D eigenvalue weighted by molar-refractivity contribution is 5.93. The molecule has 3 aromatic rings. The Morgan fingerprint density at radius 3 is 1.48 bits per heavy atom. The largest absolute Gasteiger partial charge is 0.457 e. The Balaban J connectivity index is 1.80. The van der Waals surface area contributed by atoms with Gasteiger partial charge in [-0.3, -0.25) is 4.79 Å². The van der Waals surface area contributed by atoms with E-state index in [0.29, 0.717) is 36.1 Å². The SMILES string of the molecule is NC(=O)c1cc(Oc2ccc(CNO)cc2)cc(Oc2ccc(CNO)cc2)c1. The van der Waals surface area contributed by atoms with Crippen LogP contribution in [0.1, 0.15) is 21.5 Å². The van der Waals surface area contributed by atoms with Gasteiger partial charge in [0.25, 0.3) is 0 Å². The van der Waals surface area contributed by atoms with Crippen molar-refractivity contribution in [2.45, 2.75) is 13.1 Å². The minimum absolute atomic E-state index is 0.250. The Morgan fingerprint density at radius 1 is 0.724 bits per heavy atom. The topological polar surface area (TPSA) is 126 Å². The second-order valence-electron chi connectivity index (χ2n) is 6.22. The maximum absolute atomic E-state index is 11.7. The summed E-state index contributed by atoms with van der Waals surface area (Å²) in [7, 11) is 0. The van der Waals surface area contributed by atoms with E-state index in [0.717, 1.165) is 11.1 Å². The van der Waals surface area contributed by atoms with Gasteiger partial charge in [-0.2, -0.15) is 0 Å². The smallest absolute Gasteiger partial charge is 0.248 e. The first-order valence-electron chi connectivity index (χ1n) is 8.80. The van der Waals surface area contributed by atoms with Crippen LogP contribution in [0.25, 0.3) is 0 Å². The minimum Gasteiger partial charge on any atom is -0.457 e. The molecule has 0 atom stereocenters. The summed E-state index contributed by atoms with van der Waals surface area (Å²) in [4.78, 5) is 11.7. The summed E-state index contributed by atoms with van der Waals surface area (Å²) >= 11 is 0. The van der Waals surface area contributed by atoms with Crippen molar-refractivity contribution in [3.05, 3.63) is 83.4 Å². The van der Waals surface area contributed by atoms with Crippen LogP contribution in [0.15, 0.2) is 66.7 Å². The van der Waals surface area contributed by atoms with Crippen LogP contribution >= 0.6 is 0 Å². The number of hydrogen-bond donors (Lipinski definition) is 5. The molecule has 6 N–H and O–H groups in total. The van der Waals surface area contributed by atoms with Gasteiger partial charge in [0.05, 0.1) is 0 Å². The molecule has 0 spiro atoms. The van der Waals surface area contributed by atoms with E-state index in [2.05, 4.69) is 11.0 Å². The number of hydrogen-bond acceptors (Lipinski definition) is 7. The lowest BCUT2D eigenvalue weighted by atomic mass is 10.2. The summed E-state index contributed by atoms with van der Waals surface area (Å²) in [5, 5.41) is 17.5. The molecule has 8 nitrogen and oxygen atoms in total. The third kappa shape index (κ3) is 5.77. The molecule has 0 fully saturated rings. The van der Waals surface area contributed by atoms with Crippen LogP contribution in [0, 0.1) is 0 Å². The van der Waals surface area contributed by atoms with Gasteiger partial charge in [-0.15, -0.1) is 0 Å². The highest BCUT2D eigenvalue weighted by Crippen LogP contribution is 2.30. The van der Waals surface area contributed by atoms with Crippen molar-refractivity contribution in [3.8, 4) is 23.0 Å². The number of nitrogens with two attached hydrogens (primary N) is 1. The molecule has 0 heterocycles. The molecule has 150 valence electrons. The van der Waals surface area contributed by atoms with E-state index < -0.39 is 5.91 Å². The standard InChI is InChI=1S/C21H21N3O5/c22-21(25)16-9-19(28-17-5-1-14(2-6-17)12-23-26)11-20(10-16)29-18-7-3-15(4-8-18)13-24-27/h1-11,23-24,26-27H,12-13H2,(H2,22,25). The van der Waals surface area contributed by atoms with Gasteiger partial charge in [-0.1, -0.05) is 24.3 Å². The molecule has 0 aliphatic carbocycles. The number of rotatable bonds is 9. The number of amides is 1. The van der Waals surface area contributed by atoms with E-state index in [1.54, 1.807) is 54.6 Å². The van der Waals surface area contributed by atoms with Crippen LogP contribution in [-0.4, -0.2) is 16.3 Å². The maximum atomic E-state index is 11.7. The number of hydroxylamine groups is 2. The van der Waals surface area contributed by atoms with Gasteiger partial charge in [-0.25, -0.2) is 11.0 Å². The van der Waals surface area contributed by atoms with Gasteiger partial charge in [0.2, 0.25) is 5.91 Å². The van der Waals surface area contributed by atoms with Crippen LogP contribution < -0.4 is 26.2 Å². The van der Waals surface area contributed by atoms with E-state index in [1.165, 1.54) is 12.1 Å². The van der Waals surface area contributed by atoms with E-state index >= 15 is 0 Å². The van der Waals surface area contributed by atoms with E-state index in [1.807, 2.05) is 0 Å². The fourth-order valence-electron chi connectivity index (χ4n) is 2.64. The fraction of sp³-hybridized carbons (Fsp3) is 0.0952. The molecule has 3 aromatic carbocycles. The number of ether oxygens (including phenoxy) is 2. The maximum Gasteiger partial charge on any atom is 0.248 e. The molecule has 0 aliphatic rings. The number of carbonyl (C=O) groups excluding carboxylic acids is 1. The molecule has 3 rings (SSSR count).